The molecule has 0 atom stereocenters. The van der Waals surface area contributed by atoms with Gasteiger partial charge in [-0.15, -0.1) is 0 Å². The van der Waals surface area contributed by atoms with Crippen molar-refractivity contribution in [2.75, 3.05) is 0 Å². The van der Waals surface area contributed by atoms with Gasteiger partial charge in [0.15, 0.2) is 0 Å². The highest BCUT2D eigenvalue weighted by Gasteiger charge is 1.92. The van der Waals surface area contributed by atoms with Crippen molar-refractivity contribution >= 4 is 28.6 Å². The molecule has 0 saturated carbocycles. The van der Waals surface area contributed by atoms with Crippen molar-refractivity contribution < 1.29 is 9.90 Å². The van der Waals surface area contributed by atoms with E-state index in [9.17, 15) is 9.90 Å². The van der Waals surface area contributed by atoms with Crippen LogP contribution in [0.1, 0.15) is 10.5 Å². The van der Waals surface area contributed by atoms with Gasteiger partial charge in [0.2, 0.25) is 0 Å². The molecule has 0 spiro atoms. The molecule has 0 radical (unpaired) electrons. The number of carboxylic acid groups (broad SMARTS) is 1. The lowest BCUT2D eigenvalue weighted by Crippen LogP contribution is -2.23. The van der Waals surface area contributed by atoms with Gasteiger partial charge in [-0.1, -0.05) is 0 Å². The molecule has 52 valence electrons. The van der Waals surface area contributed by atoms with Crippen molar-refractivity contribution in [2.45, 2.75) is 0 Å². The number of aromatic carboxylic acids is 1. The van der Waals surface area contributed by atoms with Gasteiger partial charge < -0.3 is 9.90 Å². The topological polar surface area (TPSA) is 53.0 Å². The Kier molecular flexibility index (Phi) is 2.21. The van der Waals surface area contributed by atoms with E-state index in [-0.39, 0.29) is 5.69 Å². The maximum atomic E-state index is 10.1. The van der Waals surface area contributed by atoms with E-state index in [4.69, 9.17) is 0 Å². The number of aromatic nitrogens is 1. The maximum Gasteiger partial charge on any atom is 0.0899 e. The maximum absolute atomic E-state index is 10.1. The van der Waals surface area contributed by atoms with Crippen LogP contribution in [0.5, 0.6) is 0 Å². The van der Waals surface area contributed by atoms with Crippen molar-refractivity contribution in [2.24, 2.45) is 0 Å². The van der Waals surface area contributed by atoms with Crippen LogP contribution in [0.4, 0.5) is 0 Å². The monoisotopic (exact) mass is 248 g/mol. The molecule has 1 aromatic heterocycles. The normalized spacial score (nSPS) is 9.30. The zero-order chi connectivity index (χ0) is 7.56. The van der Waals surface area contributed by atoms with Crippen LogP contribution in [0, 0.1) is 3.57 Å². The first-order valence-corrected chi connectivity index (χ1v) is 3.61. The van der Waals surface area contributed by atoms with Crippen LogP contribution in [-0.2, 0) is 0 Å². The molecule has 0 amide bonds. The number of rotatable bonds is 1. The van der Waals surface area contributed by atoms with E-state index >= 15 is 0 Å². The van der Waals surface area contributed by atoms with Crippen LogP contribution in [-0.4, -0.2) is 11.0 Å². The summed E-state index contributed by atoms with van der Waals surface area (Å²) in [5.41, 5.74) is -0.0274. The highest BCUT2D eigenvalue weighted by molar-refractivity contribution is 14.1. The van der Waals surface area contributed by atoms with E-state index in [1.54, 1.807) is 6.07 Å². The molecule has 0 aliphatic rings. The molecule has 0 unspecified atom stereocenters. The van der Waals surface area contributed by atoms with Gasteiger partial charge in [-0.05, 0) is 34.7 Å². The van der Waals surface area contributed by atoms with Crippen molar-refractivity contribution in [1.29, 1.82) is 0 Å². The Morgan fingerprint density at radius 2 is 2.30 bits per heavy atom. The van der Waals surface area contributed by atoms with Gasteiger partial charge in [0.05, 0.1) is 11.7 Å². The Morgan fingerprint density at radius 3 is 2.70 bits per heavy atom. The Hall–Kier alpha value is -0.650. The van der Waals surface area contributed by atoms with Gasteiger partial charge in [0.25, 0.3) is 0 Å². The Labute approximate surface area is 71.2 Å². The molecule has 0 aliphatic carbocycles. The minimum absolute atomic E-state index is 0.0274. The summed E-state index contributed by atoms with van der Waals surface area (Å²) in [5, 5.41) is 10.1. The second-order valence-corrected chi connectivity index (χ2v) is 2.89. The zero-order valence-electron chi connectivity index (χ0n) is 4.87. The summed E-state index contributed by atoms with van der Waals surface area (Å²) in [7, 11) is 0. The summed E-state index contributed by atoms with van der Waals surface area (Å²) in [6.45, 7) is 0. The van der Waals surface area contributed by atoms with Crippen LogP contribution < -0.4 is 5.11 Å². The van der Waals surface area contributed by atoms with Crippen molar-refractivity contribution in [3.05, 3.63) is 27.6 Å². The fourth-order valence-corrected chi connectivity index (χ4v) is 0.816. The lowest BCUT2D eigenvalue weighted by atomic mass is 10.4. The second-order valence-electron chi connectivity index (χ2n) is 1.65. The fraction of sp³-hybridized carbons (Fsp3) is 0. The predicted octanol–water partition coefficient (Wildman–Crippen LogP) is 0.0497. The van der Waals surface area contributed by atoms with Crippen LogP contribution in [0.2, 0.25) is 0 Å². The van der Waals surface area contributed by atoms with Gasteiger partial charge in [-0.25, -0.2) is 0 Å². The first kappa shape index (κ1) is 7.46. The van der Waals surface area contributed by atoms with Gasteiger partial charge in [-0.3, -0.25) is 4.98 Å². The summed E-state index contributed by atoms with van der Waals surface area (Å²) >= 11 is 2.04. The molecule has 0 aliphatic heterocycles. The molecule has 0 saturated heterocycles. The predicted molar refractivity (Wildman–Crippen MR) is 41.3 cm³/mol. The smallest absolute Gasteiger partial charge is 0.0899 e. The number of hydrogen-bond acceptors (Lipinski definition) is 3. The van der Waals surface area contributed by atoms with Crippen LogP contribution >= 0.6 is 22.6 Å². The molecule has 1 rings (SSSR count). The molecule has 1 heterocycles. The molecule has 4 heteroatoms. The van der Waals surface area contributed by atoms with Gasteiger partial charge in [0.1, 0.15) is 0 Å². The number of carbonyl (C=O) groups excluding carboxylic acids is 1. The highest BCUT2D eigenvalue weighted by atomic mass is 127. The number of carbonyl (C=O) groups is 1. The third-order valence-electron chi connectivity index (χ3n) is 0.937. The van der Waals surface area contributed by atoms with Gasteiger partial charge in [0, 0.05) is 9.77 Å². The number of halogens is 1. The number of nitrogens with zero attached hydrogens (tertiary/aromatic N) is 1. The largest absolute Gasteiger partial charge is 0.543 e. The standard InChI is InChI=1S/C6H4INO2/c7-4-1-2-5(6(9)10)8-3-4/h1-3H,(H,9,10)/p-1. The minimum atomic E-state index is -1.24. The van der Waals surface area contributed by atoms with E-state index in [0.29, 0.717) is 0 Å². The average molecular weight is 248 g/mol. The Bertz CT molecular complexity index is 244. The summed E-state index contributed by atoms with van der Waals surface area (Å²) < 4.78 is 0.905. The number of hydrogen-bond donors (Lipinski definition) is 0. The zero-order valence-corrected chi connectivity index (χ0v) is 7.03. The molecular weight excluding hydrogens is 245 g/mol. The van der Waals surface area contributed by atoms with E-state index < -0.39 is 5.97 Å². The molecular formula is C6H3INO2-. The Morgan fingerprint density at radius 1 is 1.60 bits per heavy atom. The van der Waals surface area contributed by atoms with Crippen LogP contribution in [0.3, 0.4) is 0 Å². The molecule has 3 nitrogen and oxygen atoms in total. The fourth-order valence-electron chi connectivity index (χ4n) is 0.497. The second kappa shape index (κ2) is 2.96. The summed E-state index contributed by atoms with van der Waals surface area (Å²) in [5.74, 6) is -1.24. The van der Waals surface area contributed by atoms with E-state index in [1.807, 2.05) is 22.6 Å². The SMILES string of the molecule is O=C([O-])c1ccc(I)cn1. The van der Waals surface area contributed by atoms with Gasteiger partial charge >= 0.3 is 0 Å². The molecule has 10 heavy (non-hydrogen) atoms. The molecule has 0 fully saturated rings. The van der Waals surface area contributed by atoms with E-state index in [1.165, 1.54) is 12.3 Å². The molecule has 0 bridgehead atoms. The third kappa shape index (κ3) is 1.66. The van der Waals surface area contributed by atoms with E-state index in [0.717, 1.165) is 3.57 Å². The number of carboxylic acids is 1. The average Bonchev–Trinajstić information content (AvgIpc) is 1.88. The van der Waals surface area contributed by atoms with Gasteiger partial charge in [-0.2, -0.15) is 0 Å². The minimum Gasteiger partial charge on any atom is -0.543 e. The van der Waals surface area contributed by atoms with Crippen molar-refractivity contribution in [3.8, 4) is 0 Å². The highest BCUT2D eigenvalue weighted by Crippen LogP contribution is 2.01. The molecule has 0 aromatic carbocycles. The van der Waals surface area contributed by atoms with Crippen LogP contribution in [0.25, 0.3) is 0 Å². The lowest BCUT2D eigenvalue weighted by molar-refractivity contribution is -0.255. The lowest BCUT2D eigenvalue weighted by Gasteiger charge is -1.98. The van der Waals surface area contributed by atoms with Crippen molar-refractivity contribution in [1.82, 2.24) is 4.98 Å². The molecule has 0 N–H and O–H groups in total. The number of pyridine rings is 1. The Balaban J connectivity index is 3.00. The first-order chi connectivity index (χ1) is 4.70. The third-order valence-corrected chi connectivity index (χ3v) is 1.57. The van der Waals surface area contributed by atoms with E-state index in [2.05, 4.69) is 4.98 Å². The summed E-state index contributed by atoms with van der Waals surface area (Å²) in [6.07, 6.45) is 1.48. The first-order valence-electron chi connectivity index (χ1n) is 2.53. The van der Waals surface area contributed by atoms with Crippen LogP contribution in [0.15, 0.2) is 18.3 Å². The summed E-state index contributed by atoms with van der Waals surface area (Å²) in [4.78, 5) is 13.7. The molecule has 1 aromatic rings. The summed E-state index contributed by atoms with van der Waals surface area (Å²) in [6, 6.07) is 3.08. The van der Waals surface area contributed by atoms with Crippen molar-refractivity contribution in [3.63, 3.8) is 0 Å². The quantitative estimate of drug-likeness (QED) is 0.660.